The van der Waals surface area contributed by atoms with Gasteiger partial charge in [-0.25, -0.2) is 27.9 Å². The lowest BCUT2D eigenvalue weighted by molar-refractivity contribution is 0.313. The minimum atomic E-state index is -3.55. The first-order chi connectivity index (χ1) is 16.3. The summed E-state index contributed by atoms with van der Waals surface area (Å²) in [5, 5.41) is 6.28. The Morgan fingerprint density at radius 2 is 1.82 bits per heavy atom. The van der Waals surface area contributed by atoms with E-state index in [9.17, 15) is 8.42 Å². The van der Waals surface area contributed by atoms with E-state index in [0.717, 1.165) is 43.2 Å². The normalized spacial score (nSPS) is 16.2. The second-order valence-electron chi connectivity index (χ2n) is 8.66. The van der Waals surface area contributed by atoms with Crippen LogP contribution < -0.4 is 0 Å². The number of sulfonamides is 1. The SMILES string of the molecule is Cc1cc(C)c2c(n1)sc1c2ncn2nc(C3CCN(S(=O)(=O)c4ccc(Cl)cc4)CC3)nc12. The van der Waals surface area contributed by atoms with E-state index < -0.39 is 10.0 Å². The average molecular weight is 513 g/mol. The summed E-state index contributed by atoms with van der Waals surface area (Å²) in [5.41, 5.74) is 3.81. The lowest BCUT2D eigenvalue weighted by Crippen LogP contribution is -2.38. The molecular weight excluding hydrogens is 492 g/mol. The summed E-state index contributed by atoms with van der Waals surface area (Å²) in [6.45, 7) is 4.92. The van der Waals surface area contributed by atoms with E-state index in [1.165, 1.54) is 4.31 Å². The van der Waals surface area contributed by atoms with Gasteiger partial charge >= 0.3 is 0 Å². The van der Waals surface area contributed by atoms with Crippen molar-refractivity contribution in [3.63, 3.8) is 0 Å². The Labute approximate surface area is 205 Å². The maximum atomic E-state index is 13.0. The Kier molecular flexibility index (Phi) is 5.10. The topological polar surface area (TPSA) is 93.4 Å². The van der Waals surface area contributed by atoms with Crippen LogP contribution in [0.3, 0.4) is 0 Å². The van der Waals surface area contributed by atoms with E-state index >= 15 is 0 Å². The van der Waals surface area contributed by atoms with Crippen LogP contribution in [0.5, 0.6) is 0 Å². The molecular formula is C23H21ClN6O2S2. The molecule has 0 unspecified atom stereocenters. The van der Waals surface area contributed by atoms with Gasteiger partial charge < -0.3 is 0 Å². The molecule has 34 heavy (non-hydrogen) atoms. The fourth-order valence-electron chi connectivity index (χ4n) is 4.67. The van der Waals surface area contributed by atoms with Crippen molar-refractivity contribution < 1.29 is 8.42 Å². The van der Waals surface area contributed by atoms with Crippen LogP contribution in [0.2, 0.25) is 5.02 Å². The number of thiophene rings is 1. The summed E-state index contributed by atoms with van der Waals surface area (Å²) < 4.78 is 30.2. The zero-order chi connectivity index (χ0) is 23.6. The van der Waals surface area contributed by atoms with Crippen LogP contribution >= 0.6 is 22.9 Å². The Morgan fingerprint density at radius 3 is 2.56 bits per heavy atom. The molecule has 4 aromatic heterocycles. The molecule has 1 aliphatic heterocycles. The minimum Gasteiger partial charge on any atom is -0.242 e. The van der Waals surface area contributed by atoms with Gasteiger partial charge in [-0.15, -0.1) is 16.4 Å². The highest BCUT2D eigenvalue weighted by Crippen LogP contribution is 2.36. The molecule has 0 spiro atoms. The number of hydrogen-bond acceptors (Lipinski definition) is 7. The van der Waals surface area contributed by atoms with Crippen LogP contribution in [0.4, 0.5) is 0 Å². The molecule has 0 radical (unpaired) electrons. The van der Waals surface area contributed by atoms with Crippen molar-refractivity contribution in [1.82, 2.24) is 28.9 Å². The zero-order valence-electron chi connectivity index (χ0n) is 18.6. The van der Waals surface area contributed by atoms with Crippen molar-refractivity contribution in [3.8, 4) is 0 Å². The minimum absolute atomic E-state index is 0.0862. The van der Waals surface area contributed by atoms with Crippen LogP contribution in [0.15, 0.2) is 41.6 Å². The number of benzene rings is 1. The highest BCUT2D eigenvalue weighted by atomic mass is 35.5. The number of nitrogens with zero attached hydrogens (tertiary/aromatic N) is 6. The number of aromatic nitrogens is 5. The Balaban J connectivity index is 1.30. The van der Waals surface area contributed by atoms with Crippen LogP contribution in [0, 0.1) is 13.8 Å². The van der Waals surface area contributed by atoms with Gasteiger partial charge in [0.2, 0.25) is 10.0 Å². The molecule has 1 fully saturated rings. The first-order valence-electron chi connectivity index (χ1n) is 11.0. The maximum absolute atomic E-state index is 13.0. The van der Waals surface area contributed by atoms with Gasteiger partial charge in [-0.1, -0.05) is 11.6 Å². The molecule has 5 aromatic rings. The van der Waals surface area contributed by atoms with Gasteiger partial charge in [0.15, 0.2) is 11.5 Å². The number of aryl methyl sites for hydroxylation is 2. The van der Waals surface area contributed by atoms with Gasteiger partial charge in [-0.05, 0) is 62.6 Å². The second-order valence-corrected chi connectivity index (χ2v) is 12.0. The molecule has 5 heterocycles. The fourth-order valence-corrected chi connectivity index (χ4v) is 7.49. The number of hydrogen-bond donors (Lipinski definition) is 0. The monoisotopic (exact) mass is 512 g/mol. The number of halogens is 1. The highest BCUT2D eigenvalue weighted by molar-refractivity contribution is 7.89. The van der Waals surface area contributed by atoms with Crippen molar-refractivity contribution in [1.29, 1.82) is 0 Å². The van der Waals surface area contributed by atoms with Gasteiger partial charge in [0.1, 0.15) is 15.9 Å². The van der Waals surface area contributed by atoms with Crippen LogP contribution in [0.1, 0.15) is 35.8 Å². The van der Waals surface area contributed by atoms with Gasteiger partial charge in [0.25, 0.3) is 0 Å². The summed E-state index contributed by atoms with van der Waals surface area (Å²) >= 11 is 7.50. The average Bonchev–Trinajstić information content (AvgIpc) is 3.41. The quantitative estimate of drug-likeness (QED) is 0.347. The van der Waals surface area contributed by atoms with E-state index in [2.05, 4.69) is 23.0 Å². The molecule has 0 amide bonds. The summed E-state index contributed by atoms with van der Waals surface area (Å²) in [4.78, 5) is 15.5. The number of fused-ring (bicyclic) bond motifs is 5. The second kappa shape index (κ2) is 7.94. The lowest BCUT2D eigenvalue weighted by atomic mass is 9.98. The van der Waals surface area contributed by atoms with Crippen molar-refractivity contribution in [2.24, 2.45) is 0 Å². The molecule has 0 aliphatic carbocycles. The molecule has 1 saturated heterocycles. The molecule has 0 saturated carbocycles. The molecule has 8 nitrogen and oxygen atoms in total. The van der Waals surface area contributed by atoms with Gasteiger partial charge in [0, 0.05) is 35.1 Å². The summed E-state index contributed by atoms with van der Waals surface area (Å²) in [7, 11) is -3.55. The van der Waals surface area contributed by atoms with E-state index in [4.69, 9.17) is 21.7 Å². The first kappa shape index (κ1) is 21.8. The molecule has 6 rings (SSSR count). The maximum Gasteiger partial charge on any atom is 0.243 e. The van der Waals surface area contributed by atoms with Crippen LogP contribution in [-0.2, 0) is 10.0 Å². The third-order valence-corrected chi connectivity index (χ3v) is 9.61. The molecule has 1 aliphatic rings. The molecule has 0 bridgehead atoms. The first-order valence-corrected chi connectivity index (χ1v) is 13.6. The van der Waals surface area contributed by atoms with Gasteiger partial charge in [-0.3, -0.25) is 0 Å². The number of rotatable bonds is 3. The van der Waals surface area contributed by atoms with E-state index in [0.29, 0.717) is 31.0 Å². The smallest absolute Gasteiger partial charge is 0.242 e. The molecule has 1 aromatic carbocycles. The zero-order valence-corrected chi connectivity index (χ0v) is 21.0. The Morgan fingerprint density at radius 1 is 1.09 bits per heavy atom. The fraction of sp³-hybridized carbons (Fsp3) is 0.304. The van der Waals surface area contributed by atoms with Gasteiger partial charge in [0.05, 0.1) is 10.4 Å². The van der Waals surface area contributed by atoms with Crippen molar-refractivity contribution in [2.75, 3.05) is 13.1 Å². The van der Waals surface area contributed by atoms with Crippen molar-refractivity contribution in [2.45, 2.75) is 37.5 Å². The standard InChI is InChI=1S/C23H21ClN6O2S2/c1-13-11-14(2)26-23-18(13)19-20(33-23)22-27-21(28-30(22)12-25-19)15-7-9-29(10-8-15)34(31,32)17-5-3-16(24)4-6-17/h3-6,11-12,15H,7-10H2,1-2H3. The third-order valence-electron chi connectivity index (χ3n) is 6.38. The molecule has 11 heteroatoms. The van der Waals surface area contributed by atoms with E-state index in [-0.39, 0.29) is 10.8 Å². The van der Waals surface area contributed by atoms with E-state index in [1.54, 1.807) is 46.4 Å². The van der Waals surface area contributed by atoms with Crippen molar-refractivity contribution in [3.05, 3.63) is 58.8 Å². The molecule has 174 valence electrons. The van der Waals surface area contributed by atoms with Crippen LogP contribution in [0.25, 0.3) is 26.1 Å². The summed E-state index contributed by atoms with van der Waals surface area (Å²) in [6, 6.07) is 8.37. The summed E-state index contributed by atoms with van der Waals surface area (Å²) in [6.07, 6.45) is 3.03. The number of pyridine rings is 1. The highest BCUT2D eigenvalue weighted by Gasteiger charge is 2.31. The van der Waals surface area contributed by atoms with Gasteiger partial charge in [-0.2, -0.15) is 4.31 Å². The van der Waals surface area contributed by atoms with Crippen molar-refractivity contribution >= 4 is 59.0 Å². The Bertz CT molecular complexity index is 1670. The Hall–Kier alpha value is -2.66. The third kappa shape index (κ3) is 3.48. The summed E-state index contributed by atoms with van der Waals surface area (Å²) in [5.74, 6) is 0.819. The van der Waals surface area contributed by atoms with Crippen LogP contribution in [-0.4, -0.2) is 50.4 Å². The van der Waals surface area contributed by atoms with E-state index in [1.807, 2.05) is 6.92 Å². The predicted molar refractivity (Wildman–Crippen MR) is 133 cm³/mol. The lowest BCUT2D eigenvalue weighted by Gasteiger charge is -2.29. The predicted octanol–water partition coefficient (Wildman–Crippen LogP) is 4.73. The number of piperidine rings is 1. The molecule has 0 N–H and O–H groups in total. The largest absolute Gasteiger partial charge is 0.243 e. The molecule has 0 atom stereocenters.